The lowest BCUT2D eigenvalue weighted by Crippen LogP contribution is -1.97. The summed E-state index contributed by atoms with van der Waals surface area (Å²) < 4.78 is 12.8. The summed E-state index contributed by atoms with van der Waals surface area (Å²) in [6.07, 6.45) is 5.07. The number of benzene rings is 1. The minimum absolute atomic E-state index is 0.404. The van der Waals surface area contributed by atoms with E-state index in [-0.39, 0.29) is 0 Å². The summed E-state index contributed by atoms with van der Waals surface area (Å²) >= 11 is 5.26. The summed E-state index contributed by atoms with van der Waals surface area (Å²) in [5.74, 6) is 1.96. The molecule has 0 spiro atoms. The van der Waals surface area contributed by atoms with E-state index in [9.17, 15) is 0 Å². The van der Waals surface area contributed by atoms with Crippen LogP contribution in [-0.4, -0.2) is 39.8 Å². The Labute approximate surface area is 150 Å². The number of nitrogens with zero attached hydrogens (tertiary/aromatic N) is 4. The van der Waals surface area contributed by atoms with Crippen LogP contribution in [0.1, 0.15) is 12.5 Å². The highest BCUT2D eigenvalue weighted by Gasteiger charge is 2.08. The minimum atomic E-state index is 0.404. The van der Waals surface area contributed by atoms with Crippen LogP contribution in [-0.2, 0) is 0 Å². The van der Waals surface area contributed by atoms with Gasteiger partial charge >= 0.3 is 0 Å². The normalized spacial score (nSPS) is 11.0. The largest absolute Gasteiger partial charge is 0.493 e. The molecule has 0 atom stereocenters. The molecule has 2 aromatic heterocycles. The Morgan fingerprint density at radius 2 is 2.04 bits per heavy atom. The number of nitrogens with one attached hydrogen (secondary N) is 1. The average molecular weight is 355 g/mol. The molecule has 0 fully saturated rings. The average Bonchev–Trinajstić information content (AvgIpc) is 3.02. The van der Waals surface area contributed by atoms with E-state index < -0.39 is 0 Å². The lowest BCUT2D eigenvalue weighted by molar-refractivity contribution is 0.311. The molecule has 25 heavy (non-hydrogen) atoms. The van der Waals surface area contributed by atoms with Gasteiger partial charge in [0.1, 0.15) is 0 Å². The van der Waals surface area contributed by atoms with E-state index in [0.29, 0.717) is 28.7 Å². The number of H-pyrrole nitrogens is 1. The van der Waals surface area contributed by atoms with Crippen LogP contribution < -0.4 is 9.47 Å². The summed E-state index contributed by atoms with van der Waals surface area (Å²) in [4.78, 5) is 4.01. The molecule has 1 N–H and O–H groups in total. The third-order valence-corrected chi connectivity index (χ3v) is 3.66. The van der Waals surface area contributed by atoms with Crippen LogP contribution >= 0.6 is 12.2 Å². The Kier molecular flexibility index (Phi) is 5.20. The first-order valence-electron chi connectivity index (χ1n) is 7.66. The SMILES string of the molecule is CCOc1ccc(C=Nn2c(-c3ccncc3)n[nH]c2=S)cc1OC. The van der Waals surface area contributed by atoms with E-state index in [2.05, 4.69) is 20.3 Å². The van der Waals surface area contributed by atoms with Crippen LogP contribution in [0, 0.1) is 4.77 Å². The van der Waals surface area contributed by atoms with Gasteiger partial charge in [-0.25, -0.2) is 5.10 Å². The van der Waals surface area contributed by atoms with Crippen molar-refractivity contribution in [2.24, 2.45) is 5.10 Å². The van der Waals surface area contributed by atoms with Crippen molar-refractivity contribution in [3.8, 4) is 22.9 Å². The summed E-state index contributed by atoms with van der Waals surface area (Å²) in [6, 6.07) is 9.28. The minimum Gasteiger partial charge on any atom is -0.493 e. The number of hydrogen-bond acceptors (Lipinski definition) is 6. The molecule has 3 rings (SSSR count). The van der Waals surface area contributed by atoms with Gasteiger partial charge in [0.25, 0.3) is 0 Å². The highest BCUT2D eigenvalue weighted by Crippen LogP contribution is 2.27. The van der Waals surface area contributed by atoms with Crippen LogP contribution in [0.2, 0.25) is 0 Å². The molecule has 7 nitrogen and oxygen atoms in total. The standard InChI is InChI=1S/C17H17N5O2S/c1-3-24-14-5-4-12(10-15(14)23-2)11-19-22-16(20-21-17(22)25)13-6-8-18-9-7-13/h4-11H,3H2,1-2H3,(H,21,25). The Morgan fingerprint density at radius 1 is 1.24 bits per heavy atom. The zero-order valence-corrected chi connectivity index (χ0v) is 14.7. The number of aromatic amines is 1. The summed E-state index contributed by atoms with van der Waals surface area (Å²) in [5.41, 5.74) is 1.72. The molecule has 0 unspecified atom stereocenters. The van der Waals surface area contributed by atoms with Gasteiger partial charge < -0.3 is 9.47 Å². The summed E-state index contributed by atoms with van der Waals surface area (Å²) in [7, 11) is 1.60. The van der Waals surface area contributed by atoms with Gasteiger partial charge in [0.05, 0.1) is 19.9 Å². The van der Waals surface area contributed by atoms with Gasteiger partial charge in [0, 0.05) is 18.0 Å². The molecule has 128 valence electrons. The van der Waals surface area contributed by atoms with Gasteiger partial charge in [-0.15, -0.1) is 0 Å². The molecule has 1 aromatic carbocycles. The van der Waals surface area contributed by atoms with Crippen molar-refractivity contribution in [3.63, 3.8) is 0 Å². The van der Waals surface area contributed by atoms with Crippen molar-refractivity contribution < 1.29 is 9.47 Å². The van der Waals surface area contributed by atoms with Gasteiger partial charge in [-0.2, -0.15) is 14.9 Å². The topological polar surface area (TPSA) is 77.3 Å². The van der Waals surface area contributed by atoms with E-state index in [1.54, 1.807) is 30.4 Å². The highest BCUT2D eigenvalue weighted by molar-refractivity contribution is 7.71. The first-order chi connectivity index (χ1) is 12.2. The fraction of sp³-hybridized carbons (Fsp3) is 0.176. The monoisotopic (exact) mass is 355 g/mol. The van der Waals surface area contributed by atoms with Crippen LogP contribution in [0.5, 0.6) is 11.5 Å². The van der Waals surface area contributed by atoms with E-state index in [4.69, 9.17) is 21.7 Å². The van der Waals surface area contributed by atoms with E-state index in [0.717, 1.165) is 11.1 Å². The van der Waals surface area contributed by atoms with Crippen LogP contribution in [0.3, 0.4) is 0 Å². The van der Waals surface area contributed by atoms with E-state index >= 15 is 0 Å². The van der Waals surface area contributed by atoms with Gasteiger partial charge in [-0.1, -0.05) is 0 Å². The molecule has 3 aromatic rings. The molecule has 2 heterocycles. The van der Waals surface area contributed by atoms with Crippen molar-refractivity contribution in [1.82, 2.24) is 19.9 Å². The predicted octanol–water partition coefficient (Wildman–Crippen LogP) is 3.29. The van der Waals surface area contributed by atoms with Gasteiger partial charge in [-0.05, 0) is 55.0 Å². The third-order valence-electron chi connectivity index (χ3n) is 3.40. The van der Waals surface area contributed by atoms with E-state index in [1.807, 2.05) is 37.3 Å². The number of hydrogen-bond donors (Lipinski definition) is 1. The van der Waals surface area contributed by atoms with E-state index in [1.165, 1.54) is 0 Å². The zero-order valence-electron chi connectivity index (χ0n) is 13.8. The van der Waals surface area contributed by atoms with Crippen molar-refractivity contribution in [3.05, 3.63) is 53.1 Å². The molecule has 8 heteroatoms. The lowest BCUT2D eigenvalue weighted by Gasteiger charge is -2.09. The molecular formula is C17H17N5O2S. The maximum atomic E-state index is 5.52. The van der Waals surface area contributed by atoms with Gasteiger partial charge in [0.15, 0.2) is 17.3 Å². The summed E-state index contributed by atoms with van der Waals surface area (Å²) in [5, 5.41) is 11.4. The van der Waals surface area contributed by atoms with Crippen LogP contribution in [0.4, 0.5) is 0 Å². The van der Waals surface area contributed by atoms with Crippen LogP contribution in [0.25, 0.3) is 11.4 Å². The second-order valence-electron chi connectivity index (χ2n) is 4.99. The molecular weight excluding hydrogens is 338 g/mol. The van der Waals surface area contributed by atoms with Gasteiger partial charge in [-0.3, -0.25) is 4.98 Å². The summed E-state index contributed by atoms with van der Waals surface area (Å²) in [6.45, 7) is 2.50. The highest BCUT2D eigenvalue weighted by atomic mass is 32.1. The lowest BCUT2D eigenvalue weighted by atomic mass is 10.2. The molecule has 0 saturated heterocycles. The number of pyridine rings is 1. The molecule has 0 radical (unpaired) electrons. The number of methoxy groups -OCH3 is 1. The van der Waals surface area contributed by atoms with Crippen molar-refractivity contribution >= 4 is 18.4 Å². The van der Waals surface area contributed by atoms with Crippen molar-refractivity contribution in [1.29, 1.82) is 0 Å². The zero-order chi connectivity index (χ0) is 17.6. The van der Waals surface area contributed by atoms with Crippen molar-refractivity contribution in [2.75, 3.05) is 13.7 Å². The Hall–Kier alpha value is -3.00. The number of ether oxygens (including phenoxy) is 2. The Morgan fingerprint density at radius 3 is 2.76 bits per heavy atom. The molecule has 0 bridgehead atoms. The second-order valence-corrected chi connectivity index (χ2v) is 5.37. The number of rotatable bonds is 6. The maximum Gasteiger partial charge on any atom is 0.216 e. The molecule has 0 aliphatic rings. The smallest absolute Gasteiger partial charge is 0.216 e. The second kappa shape index (κ2) is 7.71. The molecule has 0 saturated carbocycles. The fourth-order valence-electron chi connectivity index (χ4n) is 2.25. The molecule has 0 amide bonds. The predicted molar refractivity (Wildman–Crippen MR) is 97.8 cm³/mol. The molecule has 0 aliphatic heterocycles. The Balaban J connectivity index is 1.93. The van der Waals surface area contributed by atoms with Crippen LogP contribution in [0.15, 0.2) is 47.8 Å². The first kappa shape index (κ1) is 16.8. The van der Waals surface area contributed by atoms with Crippen molar-refractivity contribution in [2.45, 2.75) is 6.92 Å². The first-order valence-corrected chi connectivity index (χ1v) is 8.06. The third kappa shape index (κ3) is 3.74. The maximum absolute atomic E-state index is 5.52. The molecule has 0 aliphatic carbocycles. The fourth-order valence-corrected chi connectivity index (χ4v) is 2.43. The number of aromatic nitrogens is 4. The quantitative estimate of drug-likeness (QED) is 0.542. The van der Waals surface area contributed by atoms with Gasteiger partial charge in [0.2, 0.25) is 4.77 Å². The Bertz CT molecular complexity index is 934.